The highest BCUT2D eigenvalue weighted by Crippen LogP contribution is 2.09. The molecule has 0 fully saturated rings. The maximum absolute atomic E-state index is 11.6. The van der Waals surface area contributed by atoms with Gasteiger partial charge in [-0.3, -0.25) is 9.48 Å². The third kappa shape index (κ3) is 3.73. The van der Waals surface area contributed by atoms with E-state index >= 15 is 0 Å². The van der Waals surface area contributed by atoms with Crippen LogP contribution in [0.4, 0.5) is 0 Å². The van der Waals surface area contributed by atoms with E-state index in [0.717, 1.165) is 11.3 Å². The number of carbonyl (C=O) groups excluding carboxylic acids is 2. The van der Waals surface area contributed by atoms with Crippen LogP contribution in [0.2, 0.25) is 0 Å². The summed E-state index contributed by atoms with van der Waals surface area (Å²) >= 11 is 5.40. The molecule has 7 heteroatoms. The second kappa shape index (κ2) is 6.39. The third-order valence-electron chi connectivity index (χ3n) is 2.48. The van der Waals surface area contributed by atoms with Gasteiger partial charge in [0.1, 0.15) is 11.9 Å². The van der Waals surface area contributed by atoms with E-state index in [-0.39, 0.29) is 5.88 Å². The Hall–Kier alpha value is -1.56. The minimum atomic E-state index is -0.746. The van der Waals surface area contributed by atoms with Gasteiger partial charge in [0, 0.05) is 19.7 Å². The molecule has 1 heterocycles. The molecular formula is C11H16ClN3O3. The molecule has 1 aromatic rings. The zero-order chi connectivity index (χ0) is 13.7. The number of nitrogens with zero attached hydrogens (tertiary/aromatic N) is 2. The number of rotatable bonds is 5. The molecule has 1 N–H and O–H groups in total. The maximum atomic E-state index is 11.6. The normalized spacial score (nSPS) is 12.0. The number of aromatic nitrogens is 2. The van der Waals surface area contributed by atoms with Crippen LogP contribution in [0.15, 0.2) is 6.20 Å². The molecule has 0 saturated carbocycles. The molecule has 0 radical (unpaired) electrons. The Balaban J connectivity index is 2.81. The fraction of sp³-hybridized carbons (Fsp3) is 0.545. The van der Waals surface area contributed by atoms with Gasteiger partial charge in [0.05, 0.1) is 12.8 Å². The van der Waals surface area contributed by atoms with Gasteiger partial charge in [-0.15, -0.1) is 11.6 Å². The van der Waals surface area contributed by atoms with Gasteiger partial charge in [0.15, 0.2) is 0 Å². The van der Waals surface area contributed by atoms with Crippen LogP contribution < -0.4 is 5.32 Å². The van der Waals surface area contributed by atoms with Crippen molar-refractivity contribution in [2.24, 2.45) is 7.05 Å². The molecule has 1 unspecified atom stereocenters. The first-order chi connectivity index (χ1) is 8.47. The monoisotopic (exact) mass is 273 g/mol. The second-order valence-electron chi connectivity index (χ2n) is 3.89. The van der Waals surface area contributed by atoms with Crippen LogP contribution in [0, 0.1) is 6.92 Å². The van der Waals surface area contributed by atoms with Gasteiger partial charge in [-0.2, -0.15) is 5.10 Å². The minimum absolute atomic E-state index is 0.195. The fourth-order valence-corrected chi connectivity index (χ4v) is 1.71. The molecule has 0 saturated heterocycles. The molecule has 1 amide bonds. The highest BCUT2D eigenvalue weighted by atomic mass is 35.5. The predicted octanol–water partition coefficient (Wildman–Crippen LogP) is 0.168. The quantitative estimate of drug-likeness (QED) is 0.613. The maximum Gasteiger partial charge on any atom is 0.328 e. The van der Waals surface area contributed by atoms with Crippen LogP contribution in [-0.2, 0) is 27.8 Å². The van der Waals surface area contributed by atoms with Gasteiger partial charge >= 0.3 is 5.97 Å². The first-order valence-corrected chi connectivity index (χ1v) is 5.93. The SMILES string of the molecule is COC(=O)C(Cc1cn(C)nc1C)NC(=O)CCl. The van der Waals surface area contributed by atoms with E-state index < -0.39 is 17.9 Å². The average molecular weight is 274 g/mol. The molecule has 0 bridgehead atoms. The molecule has 1 atom stereocenters. The number of nitrogens with one attached hydrogen (secondary N) is 1. The van der Waals surface area contributed by atoms with Crippen molar-refractivity contribution in [2.75, 3.05) is 13.0 Å². The van der Waals surface area contributed by atoms with E-state index in [1.165, 1.54) is 7.11 Å². The summed E-state index contributed by atoms with van der Waals surface area (Å²) in [4.78, 5) is 22.8. The van der Waals surface area contributed by atoms with Crippen molar-refractivity contribution in [3.05, 3.63) is 17.5 Å². The Morgan fingerprint density at radius 3 is 2.72 bits per heavy atom. The highest BCUT2D eigenvalue weighted by molar-refractivity contribution is 6.27. The van der Waals surface area contributed by atoms with Gasteiger partial charge in [-0.1, -0.05) is 0 Å². The summed E-state index contributed by atoms with van der Waals surface area (Å²) in [6, 6.07) is -0.746. The van der Waals surface area contributed by atoms with Gasteiger partial charge in [-0.25, -0.2) is 4.79 Å². The van der Waals surface area contributed by atoms with E-state index in [0.29, 0.717) is 6.42 Å². The topological polar surface area (TPSA) is 73.2 Å². The van der Waals surface area contributed by atoms with Crippen LogP contribution in [0.25, 0.3) is 0 Å². The zero-order valence-corrected chi connectivity index (χ0v) is 11.3. The van der Waals surface area contributed by atoms with Crippen molar-refractivity contribution in [1.82, 2.24) is 15.1 Å². The number of carbonyl (C=O) groups is 2. The number of amides is 1. The van der Waals surface area contributed by atoms with Gasteiger partial charge < -0.3 is 10.1 Å². The van der Waals surface area contributed by atoms with Crippen molar-refractivity contribution in [2.45, 2.75) is 19.4 Å². The summed E-state index contributed by atoms with van der Waals surface area (Å²) < 4.78 is 6.31. The molecule has 0 aliphatic rings. The van der Waals surface area contributed by atoms with E-state index in [1.807, 2.05) is 6.92 Å². The smallest absolute Gasteiger partial charge is 0.328 e. The Kier molecular flexibility index (Phi) is 5.15. The number of methoxy groups -OCH3 is 1. The predicted molar refractivity (Wildman–Crippen MR) is 66.3 cm³/mol. The summed E-state index contributed by atoms with van der Waals surface area (Å²) in [7, 11) is 3.07. The Morgan fingerprint density at radius 2 is 2.28 bits per heavy atom. The fourth-order valence-electron chi connectivity index (χ4n) is 1.64. The first kappa shape index (κ1) is 14.5. The summed E-state index contributed by atoms with van der Waals surface area (Å²) in [5.41, 5.74) is 1.69. The molecule has 100 valence electrons. The van der Waals surface area contributed by atoms with Crippen molar-refractivity contribution in [1.29, 1.82) is 0 Å². The summed E-state index contributed by atoms with van der Waals surface area (Å²) in [5.74, 6) is -1.11. The molecule has 0 aliphatic heterocycles. The summed E-state index contributed by atoms with van der Waals surface area (Å²) in [6.45, 7) is 1.84. The Morgan fingerprint density at radius 1 is 1.61 bits per heavy atom. The van der Waals surface area contributed by atoms with E-state index in [1.54, 1.807) is 17.9 Å². The third-order valence-corrected chi connectivity index (χ3v) is 2.72. The van der Waals surface area contributed by atoms with Crippen LogP contribution in [-0.4, -0.2) is 40.7 Å². The Labute approximate surface area is 110 Å². The van der Waals surface area contributed by atoms with Gasteiger partial charge in [0.2, 0.25) is 5.91 Å². The van der Waals surface area contributed by atoms with Gasteiger partial charge in [0.25, 0.3) is 0 Å². The van der Waals surface area contributed by atoms with Crippen molar-refractivity contribution >= 4 is 23.5 Å². The number of alkyl halides is 1. The zero-order valence-electron chi connectivity index (χ0n) is 10.6. The lowest BCUT2D eigenvalue weighted by molar-refractivity contribution is -0.144. The number of ether oxygens (including phenoxy) is 1. The number of hydrogen-bond donors (Lipinski definition) is 1. The minimum Gasteiger partial charge on any atom is -0.467 e. The lowest BCUT2D eigenvalue weighted by Gasteiger charge is -2.15. The van der Waals surface area contributed by atoms with Crippen LogP contribution in [0.1, 0.15) is 11.3 Å². The average Bonchev–Trinajstić information content (AvgIpc) is 2.65. The van der Waals surface area contributed by atoms with Crippen LogP contribution in [0.5, 0.6) is 0 Å². The largest absolute Gasteiger partial charge is 0.467 e. The number of halogens is 1. The number of esters is 1. The van der Waals surface area contributed by atoms with Crippen molar-refractivity contribution in [3.63, 3.8) is 0 Å². The molecule has 0 spiro atoms. The molecule has 1 aromatic heterocycles. The molecule has 18 heavy (non-hydrogen) atoms. The second-order valence-corrected chi connectivity index (χ2v) is 4.16. The van der Waals surface area contributed by atoms with E-state index in [4.69, 9.17) is 11.6 Å². The van der Waals surface area contributed by atoms with Crippen molar-refractivity contribution < 1.29 is 14.3 Å². The molecular weight excluding hydrogens is 258 g/mol. The first-order valence-electron chi connectivity index (χ1n) is 5.40. The number of aryl methyl sites for hydroxylation is 2. The summed E-state index contributed by atoms with van der Waals surface area (Å²) in [6.07, 6.45) is 2.13. The molecule has 0 aliphatic carbocycles. The van der Waals surface area contributed by atoms with E-state index in [9.17, 15) is 9.59 Å². The molecule has 6 nitrogen and oxygen atoms in total. The highest BCUT2D eigenvalue weighted by Gasteiger charge is 2.23. The molecule has 0 aromatic carbocycles. The number of hydrogen-bond acceptors (Lipinski definition) is 4. The lowest BCUT2D eigenvalue weighted by Crippen LogP contribution is -2.43. The van der Waals surface area contributed by atoms with Crippen LogP contribution in [0.3, 0.4) is 0 Å². The van der Waals surface area contributed by atoms with Crippen LogP contribution >= 0.6 is 11.6 Å². The van der Waals surface area contributed by atoms with Gasteiger partial charge in [-0.05, 0) is 12.5 Å². The van der Waals surface area contributed by atoms with Crippen molar-refractivity contribution in [3.8, 4) is 0 Å². The lowest BCUT2D eigenvalue weighted by atomic mass is 10.1. The van der Waals surface area contributed by atoms with E-state index in [2.05, 4.69) is 15.2 Å². The Bertz CT molecular complexity index is 445. The summed E-state index contributed by atoms with van der Waals surface area (Å²) in [5, 5.41) is 6.69. The standard InChI is InChI=1S/C11H16ClN3O3/c1-7-8(6-15(2)14-7)4-9(11(17)18-3)13-10(16)5-12/h6,9H,4-5H2,1-3H3,(H,13,16). The molecule has 1 rings (SSSR count).